The monoisotopic (exact) mass is 361 g/mol. The Morgan fingerprint density at radius 2 is 1.96 bits per heavy atom. The van der Waals surface area contributed by atoms with E-state index in [1.165, 1.54) is 11.3 Å². The summed E-state index contributed by atoms with van der Waals surface area (Å²) in [6.07, 6.45) is 1.64. The van der Waals surface area contributed by atoms with E-state index in [1.807, 2.05) is 48.7 Å². The standard InChI is InChI=1S/C17H13Cl2N3S/c1-11-7-14(18)8-13(16(11)19)9-20-22-17-21-15(10-23-17)12-5-3-2-4-6-12/h2-10H,1H3,(H,21,22). The summed E-state index contributed by atoms with van der Waals surface area (Å²) in [6.45, 7) is 1.91. The highest BCUT2D eigenvalue weighted by molar-refractivity contribution is 7.14. The zero-order chi connectivity index (χ0) is 16.2. The average molecular weight is 362 g/mol. The number of nitrogens with zero attached hydrogens (tertiary/aromatic N) is 2. The lowest BCUT2D eigenvalue weighted by Gasteiger charge is -2.03. The average Bonchev–Trinajstić information content (AvgIpc) is 3.02. The molecule has 0 aliphatic carbocycles. The quantitative estimate of drug-likeness (QED) is 0.465. The van der Waals surface area contributed by atoms with E-state index in [-0.39, 0.29) is 0 Å². The highest BCUT2D eigenvalue weighted by Crippen LogP contribution is 2.25. The number of aromatic nitrogens is 1. The van der Waals surface area contributed by atoms with Gasteiger partial charge in [0.25, 0.3) is 0 Å². The van der Waals surface area contributed by atoms with Crippen molar-refractivity contribution in [1.29, 1.82) is 0 Å². The minimum absolute atomic E-state index is 0.633. The molecule has 3 nitrogen and oxygen atoms in total. The number of hydrogen-bond donors (Lipinski definition) is 1. The van der Waals surface area contributed by atoms with Crippen LogP contribution in [0.5, 0.6) is 0 Å². The summed E-state index contributed by atoms with van der Waals surface area (Å²) in [5, 5.41) is 8.18. The molecule has 2 aromatic carbocycles. The van der Waals surface area contributed by atoms with Gasteiger partial charge in [-0.15, -0.1) is 11.3 Å². The third kappa shape index (κ3) is 3.91. The molecule has 0 atom stereocenters. The van der Waals surface area contributed by atoms with Crippen molar-refractivity contribution < 1.29 is 0 Å². The molecule has 0 bridgehead atoms. The number of hydrazone groups is 1. The van der Waals surface area contributed by atoms with Crippen LogP contribution < -0.4 is 5.43 Å². The van der Waals surface area contributed by atoms with Crippen LogP contribution in [0.4, 0.5) is 5.13 Å². The van der Waals surface area contributed by atoms with Crippen LogP contribution >= 0.6 is 34.5 Å². The van der Waals surface area contributed by atoms with Gasteiger partial charge in [-0.3, -0.25) is 5.43 Å². The molecule has 6 heteroatoms. The van der Waals surface area contributed by atoms with Gasteiger partial charge in [0, 0.05) is 21.5 Å². The molecular formula is C17H13Cl2N3S. The zero-order valence-electron chi connectivity index (χ0n) is 12.3. The number of benzene rings is 2. The summed E-state index contributed by atoms with van der Waals surface area (Å²) >= 11 is 13.8. The molecule has 0 saturated carbocycles. The summed E-state index contributed by atoms with van der Waals surface area (Å²) in [4.78, 5) is 4.50. The van der Waals surface area contributed by atoms with Crippen LogP contribution in [0.1, 0.15) is 11.1 Å². The van der Waals surface area contributed by atoms with Crippen molar-refractivity contribution in [3.05, 3.63) is 69.0 Å². The topological polar surface area (TPSA) is 37.3 Å². The van der Waals surface area contributed by atoms with Crippen LogP contribution in [0.2, 0.25) is 10.0 Å². The molecule has 3 aromatic rings. The molecule has 0 spiro atoms. The van der Waals surface area contributed by atoms with Crippen molar-refractivity contribution in [3.63, 3.8) is 0 Å². The Balaban J connectivity index is 1.73. The van der Waals surface area contributed by atoms with E-state index < -0.39 is 0 Å². The first kappa shape index (κ1) is 16.0. The number of nitrogens with one attached hydrogen (secondary N) is 1. The van der Waals surface area contributed by atoms with E-state index >= 15 is 0 Å². The molecule has 0 unspecified atom stereocenters. The van der Waals surface area contributed by atoms with E-state index in [0.717, 1.165) is 27.5 Å². The van der Waals surface area contributed by atoms with Gasteiger partial charge in [-0.25, -0.2) is 4.98 Å². The van der Waals surface area contributed by atoms with Crippen LogP contribution in [0.25, 0.3) is 11.3 Å². The number of anilines is 1. The highest BCUT2D eigenvalue weighted by Gasteiger charge is 2.05. The minimum Gasteiger partial charge on any atom is -0.253 e. The third-order valence-electron chi connectivity index (χ3n) is 3.19. The molecule has 116 valence electrons. The highest BCUT2D eigenvalue weighted by atomic mass is 35.5. The van der Waals surface area contributed by atoms with Crippen molar-refractivity contribution in [1.82, 2.24) is 4.98 Å². The molecule has 0 aliphatic heterocycles. The van der Waals surface area contributed by atoms with Crippen molar-refractivity contribution in [2.75, 3.05) is 5.43 Å². The van der Waals surface area contributed by atoms with E-state index in [9.17, 15) is 0 Å². The molecule has 3 rings (SSSR count). The normalized spacial score (nSPS) is 11.1. The second-order valence-corrected chi connectivity index (χ2v) is 6.57. The van der Waals surface area contributed by atoms with Gasteiger partial charge in [-0.05, 0) is 24.6 Å². The SMILES string of the molecule is Cc1cc(Cl)cc(C=NNc2nc(-c3ccccc3)cs2)c1Cl. The maximum atomic E-state index is 6.24. The number of hydrogen-bond acceptors (Lipinski definition) is 4. The summed E-state index contributed by atoms with van der Waals surface area (Å²) in [5.41, 5.74) is 6.61. The molecule has 1 N–H and O–H groups in total. The first-order valence-corrected chi connectivity index (χ1v) is 8.53. The van der Waals surface area contributed by atoms with Gasteiger partial charge in [0.15, 0.2) is 0 Å². The van der Waals surface area contributed by atoms with Gasteiger partial charge < -0.3 is 0 Å². The Hall–Kier alpha value is -1.88. The predicted molar refractivity (Wildman–Crippen MR) is 100.0 cm³/mol. The molecule has 1 heterocycles. The number of halogens is 2. The van der Waals surface area contributed by atoms with Crippen molar-refractivity contribution in [3.8, 4) is 11.3 Å². The molecule has 0 fully saturated rings. The second-order valence-electron chi connectivity index (χ2n) is 4.90. The lowest BCUT2D eigenvalue weighted by molar-refractivity contribution is 1.29. The summed E-state index contributed by atoms with van der Waals surface area (Å²) in [6, 6.07) is 13.6. The number of rotatable bonds is 4. The van der Waals surface area contributed by atoms with Gasteiger partial charge in [0.05, 0.1) is 16.9 Å². The Labute approximate surface area is 148 Å². The van der Waals surface area contributed by atoms with Gasteiger partial charge in [-0.1, -0.05) is 53.5 Å². The van der Waals surface area contributed by atoms with Crippen LogP contribution in [-0.2, 0) is 0 Å². The van der Waals surface area contributed by atoms with Crippen LogP contribution in [0.15, 0.2) is 52.9 Å². The second kappa shape index (κ2) is 7.13. The first-order valence-electron chi connectivity index (χ1n) is 6.89. The molecule has 1 aromatic heterocycles. The Morgan fingerprint density at radius 1 is 1.17 bits per heavy atom. The molecular weight excluding hydrogens is 349 g/mol. The third-order valence-corrected chi connectivity index (χ3v) is 4.67. The minimum atomic E-state index is 0.633. The molecule has 0 radical (unpaired) electrons. The predicted octanol–water partition coefficient (Wildman–Crippen LogP) is 5.87. The fraction of sp³-hybridized carbons (Fsp3) is 0.0588. The lowest BCUT2D eigenvalue weighted by Crippen LogP contribution is -1.92. The summed E-state index contributed by atoms with van der Waals surface area (Å²) in [5.74, 6) is 0. The Kier molecular flexibility index (Phi) is 4.96. The Bertz CT molecular complexity index is 844. The molecule has 0 saturated heterocycles. The smallest absolute Gasteiger partial charge is 0.203 e. The summed E-state index contributed by atoms with van der Waals surface area (Å²) in [7, 11) is 0. The maximum absolute atomic E-state index is 6.24. The van der Waals surface area contributed by atoms with Gasteiger partial charge >= 0.3 is 0 Å². The lowest BCUT2D eigenvalue weighted by atomic mass is 10.1. The van der Waals surface area contributed by atoms with Crippen LogP contribution in [0, 0.1) is 6.92 Å². The fourth-order valence-electron chi connectivity index (χ4n) is 2.07. The maximum Gasteiger partial charge on any atom is 0.203 e. The molecule has 0 aliphatic rings. The van der Waals surface area contributed by atoms with E-state index in [2.05, 4.69) is 15.5 Å². The molecule has 23 heavy (non-hydrogen) atoms. The summed E-state index contributed by atoms with van der Waals surface area (Å²) < 4.78 is 0. The van der Waals surface area contributed by atoms with Crippen LogP contribution in [-0.4, -0.2) is 11.2 Å². The van der Waals surface area contributed by atoms with E-state index in [1.54, 1.807) is 12.3 Å². The number of aryl methyl sites for hydroxylation is 1. The van der Waals surface area contributed by atoms with Crippen molar-refractivity contribution in [2.24, 2.45) is 5.10 Å². The van der Waals surface area contributed by atoms with Crippen molar-refractivity contribution in [2.45, 2.75) is 6.92 Å². The zero-order valence-corrected chi connectivity index (χ0v) is 14.6. The van der Waals surface area contributed by atoms with Crippen LogP contribution in [0.3, 0.4) is 0 Å². The first-order chi connectivity index (χ1) is 11.1. The fourth-order valence-corrected chi connectivity index (χ4v) is 3.18. The number of thiazole rings is 1. The largest absolute Gasteiger partial charge is 0.253 e. The van der Waals surface area contributed by atoms with Crippen molar-refractivity contribution >= 4 is 45.9 Å². The van der Waals surface area contributed by atoms with E-state index in [4.69, 9.17) is 23.2 Å². The van der Waals surface area contributed by atoms with Gasteiger partial charge in [0.2, 0.25) is 5.13 Å². The van der Waals surface area contributed by atoms with Gasteiger partial charge in [-0.2, -0.15) is 5.10 Å². The molecule has 0 amide bonds. The van der Waals surface area contributed by atoms with E-state index in [0.29, 0.717) is 10.0 Å². The van der Waals surface area contributed by atoms with Gasteiger partial charge in [0.1, 0.15) is 0 Å². The Morgan fingerprint density at radius 3 is 2.74 bits per heavy atom.